The molecule has 1 aromatic rings. The molecule has 1 aromatic carbocycles. The Balaban J connectivity index is 2.59. The highest BCUT2D eigenvalue weighted by Crippen LogP contribution is 2.19. The van der Waals surface area contributed by atoms with Crippen molar-refractivity contribution in [3.05, 3.63) is 34.6 Å². The van der Waals surface area contributed by atoms with Crippen LogP contribution in [0.1, 0.15) is 25.3 Å². The Morgan fingerprint density at radius 3 is 2.79 bits per heavy atom. The fourth-order valence-electron chi connectivity index (χ4n) is 1.27. The molecule has 0 bridgehead atoms. The molecule has 14 heavy (non-hydrogen) atoms. The van der Waals surface area contributed by atoms with Crippen molar-refractivity contribution in [2.75, 3.05) is 0 Å². The number of benzene rings is 1. The maximum absolute atomic E-state index is 12.7. The van der Waals surface area contributed by atoms with Gasteiger partial charge in [-0.2, -0.15) is 0 Å². The lowest BCUT2D eigenvalue weighted by molar-refractivity contribution is 0.594. The molecule has 1 atom stereocenters. The van der Waals surface area contributed by atoms with Crippen LogP contribution in [0.3, 0.4) is 0 Å². The van der Waals surface area contributed by atoms with Crippen LogP contribution in [0.2, 0.25) is 5.02 Å². The van der Waals surface area contributed by atoms with Crippen LogP contribution in [0.25, 0.3) is 0 Å². The Kier molecular flexibility index (Phi) is 4.36. The molecule has 1 nitrogen and oxygen atoms in total. The van der Waals surface area contributed by atoms with Gasteiger partial charge in [0.2, 0.25) is 0 Å². The molecule has 0 aromatic heterocycles. The molecule has 1 rings (SSSR count). The van der Waals surface area contributed by atoms with E-state index in [0.29, 0.717) is 5.02 Å². The van der Waals surface area contributed by atoms with Crippen molar-refractivity contribution >= 4 is 11.6 Å². The molecule has 0 radical (unpaired) electrons. The van der Waals surface area contributed by atoms with Crippen LogP contribution in [0.4, 0.5) is 4.39 Å². The standard InChI is InChI=1S/C11H15ClFN/c1-2-10(14)6-4-8-3-5-9(13)7-11(8)12/h3,5,7,10H,2,4,6,14H2,1H3. The van der Waals surface area contributed by atoms with Gasteiger partial charge in [0.05, 0.1) is 0 Å². The Morgan fingerprint density at radius 2 is 2.21 bits per heavy atom. The molecule has 0 spiro atoms. The largest absolute Gasteiger partial charge is 0.328 e. The summed E-state index contributed by atoms with van der Waals surface area (Å²) in [7, 11) is 0. The van der Waals surface area contributed by atoms with E-state index in [4.69, 9.17) is 17.3 Å². The van der Waals surface area contributed by atoms with E-state index >= 15 is 0 Å². The van der Waals surface area contributed by atoms with E-state index in [1.165, 1.54) is 12.1 Å². The summed E-state index contributed by atoms with van der Waals surface area (Å²) in [5.41, 5.74) is 6.75. The summed E-state index contributed by atoms with van der Waals surface area (Å²) in [6.07, 6.45) is 2.66. The molecule has 3 heteroatoms. The lowest BCUT2D eigenvalue weighted by Crippen LogP contribution is -2.19. The van der Waals surface area contributed by atoms with Gasteiger partial charge in [0.15, 0.2) is 0 Å². The third kappa shape index (κ3) is 3.28. The smallest absolute Gasteiger partial charge is 0.124 e. The SMILES string of the molecule is CCC(N)CCc1ccc(F)cc1Cl. The minimum atomic E-state index is -0.293. The number of halogens is 2. The number of rotatable bonds is 4. The van der Waals surface area contributed by atoms with E-state index in [-0.39, 0.29) is 11.9 Å². The fraction of sp³-hybridized carbons (Fsp3) is 0.455. The molecular weight excluding hydrogens is 201 g/mol. The Morgan fingerprint density at radius 1 is 1.50 bits per heavy atom. The summed E-state index contributed by atoms with van der Waals surface area (Å²) in [6, 6.07) is 4.70. The molecule has 78 valence electrons. The van der Waals surface area contributed by atoms with E-state index in [2.05, 4.69) is 6.92 Å². The molecule has 1 unspecified atom stereocenters. The normalized spacial score (nSPS) is 12.9. The van der Waals surface area contributed by atoms with Gasteiger partial charge in [-0.3, -0.25) is 0 Å². The quantitative estimate of drug-likeness (QED) is 0.821. The third-order valence-electron chi connectivity index (χ3n) is 2.32. The second-order valence-corrected chi connectivity index (χ2v) is 3.85. The summed E-state index contributed by atoms with van der Waals surface area (Å²) in [5, 5.41) is 0.494. The predicted octanol–water partition coefficient (Wildman–Crippen LogP) is 3.15. The molecular formula is C11H15ClFN. The second kappa shape index (κ2) is 5.32. The monoisotopic (exact) mass is 215 g/mol. The number of nitrogens with two attached hydrogens (primary N) is 1. The van der Waals surface area contributed by atoms with Crippen molar-refractivity contribution in [3.63, 3.8) is 0 Å². The highest BCUT2D eigenvalue weighted by atomic mass is 35.5. The number of aryl methyl sites for hydroxylation is 1. The summed E-state index contributed by atoms with van der Waals surface area (Å²) in [4.78, 5) is 0. The van der Waals surface area contributed by atoms with Crippen LogP contribution in [0, 0.1) is 5.82 Å². The Bertz CT molecular complexity index is 301. The van der Waals surface area contributed by atoms with Crippen LogP contribution >= 0.6 is 11.6 Å². The van der Waals surface area contributed by atoms with Crippen LogP contribution in [0.5, 0.6) is 0 Å². The first-order valence-electron chi connectivity index (χ1n) is 4.83. The molecule has 0 fully saturated rings. The van der Waals surface area contributed by atoms with Crippen molar-refractivity contribution in [1.29, 1.82) is 0 Å². The Hall–Kier alpha value is -0.600. The molecule has 2 N–H and O–H groups in total. The first-order chi connectivity index (χ1) is 6.63. The molecule has 0 saturated heterocycles. The molecule has 0 aliphatic rings. The zero-order valence-corrected chi connectivity index (χ0v) is 9.02. The summed E-state index contributed by atoms with van der Waals surface area (Å²) in [5.74, 6) is -0.293. The van der Waals surface area contributed by atoms with Gasteiger partial charge in [-0.1, -0.05) is 24.6 Å². The Labute approximate surface area is 89.1 Å². The maximum atomic E-state index is 12.7. The third-order valence-corrected chi connectivity index (χ3v) is 2.68. The topological polar surface area (TPSA) is 26.0 Å². The summed E-state index contributed by atoms with van der Waals surface area (Å²) in [6.45, 7) is 2.05. The maximum Gasteiger partial charge on any atom is 0.124 e. The zero-order chi connectivity index (χ0) is 10.6. The second-order valence-electron chi connectivity index (χ2n) is 3.44. The average molecular weight is 216 g/mol. The van der Waals surface area contributed by atoms with E-state index in [9.17, 15) is 4.39 Å². The van der Waals surface area contributed by atoms with Gasteiger partial charge in [0.25, 0.3) is 0 Å². The minimum Gasteiger partial charge on any atom is -0.328 e. The van der Waals surface area contributed by atoms with Crippen LogP contribution in [-0.2, 0) is 6.42 Å². The first-order valence-corrected chi connectivity index (χ1v) is 5.20. The fourth-order valence-corrected chi connectivity index (χ4v) is 1.53. The number of hydrogen-bond donors (Lipinski definition) is 1. The van der Waals surface area contributed by atoms with Gasteiger partial charge in [-0.25, -0.2) is 4.39 Å². The molecule has 0 saturated carbocycles. The predicted molar refractivity (Wildman–Crippen MR) is 58.0 cm³/mol. The molecule has 0 amide bonds. The van der Waals surface area contributed by atoms with E-state index in [0.717, 1.165) is 24.8 Å². The van der Waals surface area contributed by atoms with E-state index in [1.807, 2.05) is 0 Å². The number of hydrogen-bond acceptors (Lipinski definition) is 1. The first kappa shape index (κ1) is 11.5. The van der Waals surface area contributed by atoms with E-state index in [1.54, 1.807) is 6.07 Å². The van der Waals surface area contributed by atoms with Crippen molar-refractivity contribution in [2.45, 2.75) is 32.2 Å². The van der Waals surface area contributed by atoms with Crippen LogP contribution in [-0.4, -0.2) is 6.04 Å². The van der Waals surface area contributed by atoms with Crippen molar-refractivity contribution in [3.8, 4) is 0 Å². The highest BCUT2D eigenvalue weighted by molar-refractivity contribution is 6.31. The van der Waals surface area contributed by atoms with Gasteiger partial charge >= 0.3 is 0 Å². The van der Waals surface area contributed by atoms with Gasteiger partial charge in [-0.15, -0.1) is 0 Å². The van der Waals surface area contributed by atoms with Gasteiger partial charge < -0.3 is 5.73 Å². The van der Waals surface area contributed by atoms with Crippen molar-refractivity contribution in [1.82, 2.24) is 0 Å². The van der Waals surface area contributed by atoms with E-state index < -0.39 is 0 Å². The van der Waals surface area contributed by atoms with Gasteiger partial charge in [0.1, 0.15) is 5.82 Å². The summed E-state index contributed by atoms with van der Waals surface area (Å²) >= 11 is 5.88. The average Bonchev–Trinajstić information content (AvgIpc) is 2.16. The molecule has 0 heterocycles. The zero-order valence-electron chi connectivity index (χ0n) is 8.26. The minimum absolute atomic E-state index is 0.205. The van der Waals surface area contributed by atoms with Crippen molar-refractivity contribution in [2.24, 2.45) is 5.73 Å². The van der Waals surface area contributed by atoms with Gasteiger partial charge in [-0.05, 0) is 37.0 Å². The lowest BCUT2D eigenvalue weighted by atomic mass is 10.0. The summed E-state index contributed by atoms with van der Waals surface area (Å²) < 4.78 is 12.7. The van der Waals surface area contributed by atoms with Crippen LogP contribution < -0.4 is 5.73 Å². The molecule has 0 aliphatic carbocycles. The van der Waals surface area contributed by atoms with Crippen LogP contribution in [0.15, 0.2) is 18.2 Å². The van der Waals surface area contributed by atoms with Gasteiger partial charge in [0, 0.05) is 11.1 Å². The molecule has 0 aliphatic heterocycles. The van der Waals surface area contributed by atoms with Crippen molar-refractivity contribution < 1.29 is 4.39 Å². The lowest BCUT2D eigenvalue weighted by Gasteiger charge is -2.09. The highest BCUT2D eigenvalue weighted by Gasteiger charge is 2.04.